The van der Waals surface area contributed by atoms with E-state index in [1.807, 2.05) is 37.4 Å². The molecule has 0 bridgehead atoms. The molecule has 2 aliphatic rings. The number of anilines is 2. The van der Waals surface area contributed by atoms with Gasteiger partial charge in [0.1, 0.15) is 11.9 Å². The number of fused-ring (bicyclic) bond motifs is 1. The molecule has 0 N–H and O–H groups in total. The fourth-order valence-corrected chi connectivity index (χ4v) is 3.90. The lowest BCUT2D eigenvalue weighted by Crippen LogP contribution is -2.47. The van der Waals surface area contributed by atoms with Crippen LogP contribution in [0.4, 0.5) is 11.6 Å². The van der Waals surface area contributed by atoms with Gasteiger partial charge < -0.3 is 14.5 Å². The predicted octanol–water partition coefficient (Wildman–Crippen LogP) is 1.64. The Balaban J connectivity index is 1.29. The average molecular weight is 402 g/mol. The number of hydrogen-bond acceptors (Lipinski definition) is 8. The third-order valence-corrected chi connectivity index (χ3v) is 5.53. The third-order valence-electron chi connectivity index (χ3n) is 5.53. The van der Waals surface area contributed by atoms with Gasteiger partial charge in [-0.15, -0.1) is 10.2 Å². The molecule has 0 amide bonds. The van der Waals surface area contributed by atoms with E-state index >= 15 is 0 Å². The highest BCUT2D eigenvalue weighted by atomic mass is 16.5. The van der Waals surface area contributed by atoms with Gasteiger partial charge in [0.2, 0.25) is 0 Å². The summed E-state index contributed by atoms with van der Waals surface area (Å²) in [7, 11) is 0. The number of piperazine rings is 1. The maximum absolute atomic E-state index is 9.61. The SMILES string of the molecule is Cc1ccn(-c2ccc(N3CCN(c4nc5c(cc4C#N)COCC5)CC3)nn2)n1. The molecule has 9 heteroatoms. The standard InChI is InChI=1S/C21H22N8O/c1-15-4-6-29(26-15)20-3-2-19(24-25-20)27-7-9-28(10-8-27)21-16(13-22)12-17-14-30-11-5-18(17)23-21/h2-4,6,12H,5,7-11,14H2,1H3. The van der Waals surface area contributed by atoms with E-state index in [0.29, 0.717) is 24.6 Å². The minimum atomic E-state index is 0.540. The number of aromatic nitrogens is 5. The summed E-state index contributed by atoms with van der Waals surface area (Å²) < 4.78 is 7.22. The van der Waals surface area contributed by atoms with Gasteiger partial charge >= 0.3 is 0 Å². The van der Waals surface area contributed by atoms with E-state index in [1.54, 1.807) is 4.68 Å². The summed E-state index contributed by atoms with van der Waals surface area (Å²) in [5, 5.41) is 22.7. The topological polar surface area (TPSA) is 96.0 Å². The highest BCUT2D eigenvalue weighted by Crippen LogP contribution is 2.26. The van der Waals surface area contributed by atoms with E-state index in [2.05, 4.69) is 31.2 Å². The van der Waals surface area contributed by atoms with E-state index in [1.165, 1.54) is 0 Å². The van der Waals surface area contributed by atoms with Gasteiger partial charge in [-0.3, -0.25) is 0 Å². The lowest BCUT2D eigenvalue weighted by atomic mass is 10.1. The first-order valence-corrected chi connectivity index (χ1v) is 10.1. The van der Waals surface area contributed by atoms with E-state index < -0.39 is 0 Å². The fraction of sp³-hybridized carbons (Fsp3) is 0.381. The van der Waals surface area contributed by atoms with Crippen LogP contribution < -0.4 is 9.80 Å². The number of aryl methyl sites for hydroxylation is 1. The summed E-state index contributed by atoms with van der Waals surface area (Å²) >= 11 is 0. The molecule has 3 aromatic rings. The zero-order chi connectivity index (χ0) is 20.5. The Bertz CT molecular complexity index is 1090. The Labute approximate surface area is 174 Å². The van der Waals surface area contributed by atoms with Crippen molar-refractivity contribution in [3.05, 3.63) is 53.0 Å². The fourth-order valence-electron chi connectivity index (χ4n) is 3.90. The van der Waals surface area contributed by atoms with Crippen LogP contribution in [0.3, 0.4) is 0 Å². The van der Waals surface area contributed by atoms with Gasteiger partial charge in [0.05, 0.1) is 30.2 Å². The van der Waals surface area contributed by atoms with Crippen LogP contribution in [0.1, 0.15) is 22.5 Å². The van der Waals surface area contributed by atoms with E-state index in [-0.39, 0.29) is 0 Å². The first-order chi connectivity index (χ1) is 14.7. The summed E-state index contributed by atoms with van der Waals surface area (Å²) in [6, 6.07) is 10.1. The average Bonchev–Trinajstić information content (AvgIpc) is 3.24. The van der Waals surface area contributed by atoms with Gasteiger partial charge in [-0.25, -0.2) is 9.67 Å². The zero-order valence-corrected chi connectivity index (χ0v) is 16.8. The number of ether oxygens (including phenoxy) is 1. The molecule has 5 heterocycles. The molecule has 2 aliphatic heterocycles. The molecule has 0 spiro atoms. The van der Waals surface area contributed by atoms with E-state index in [9.17, 15) is 5.26 Å². The van der Waals surface area contributed by atoms with Crippen LogP contribution in [0.25, 0.3) is 5.82 Å². The van der Waals surface area contributed by atoms with Gasteiger partial charge in [-0.05, 0) is 31.2 Å². The minimum absolute atomic E-state index is 0.540. The Kier molecular flexibility index (Phi) is 4.77. The van der Waals surface area contributed by atoms with Crippen molar-refractivity contribution in [2.45, 2.75) is 20.0 Å². The summed E-state index contributed by atoms with van der Waals surface area (Å²) in [5.74, 6) is 2.33. The molecule has 1 fully saturated rings. The Morgan fingerprint density at radius 1 is 1.03 bits per heavy atom. The smallest absolute Gasteiger partial charge is 0.175 e. The van der Waals surface area contributed by atoms with Crippen molar-refractivity contribution < 1.29 is 4.74 Å². The summed E-state index contributed by atoms with van der Waals surface area (Å²) in [6.45, 7) is 6.31. The molecule has 0 aliphatic carbocycles. The molecule has 0 aromatic carbocycles. The molecular weight excluding hydrogens is 380 g/mol. The van der Waals surface area contributed by atoms with E-state index in [0.717, 1.165) is 61.2 Å². The minimum Gasteiger partial charge on any atom is -0.376 e. The highest BCUT2D eigenvalue weighted by molar-refractivity contribution is 5.57. The Hall–Kier alpha value is -3.51. The molecule has 3 aromatic heterocycles. The number of rotatable bonds is 3. The zero-order valence-electron chi connectivity index (χ0n) is 16.8. The van der Waals surface area contributed by atoms with Crippen LogP contribution in [0.15, 0.2) is 30.5 Å². The van der Waals surface area contributed by atoms with Gasteiger partial charge in [-0.2, -0.15) is 10.4 Å². The van der Waals surface area contributed by atoms with Crippen LogP contribution in [0, 0.1) is 18.3 Å². The van der Waals surface area contributed by atoms with Crippen molar-refractivity contribution in [1.29, 1.82) is 5.26 Å². The van der Waals surface area contributed by atoms with Crippen molar-refractivity contribution in [3.8, 4) is 11.9 Å². The predicted molar refractivity (Wildman–Crippen MR) is 111 cm³/mol. The van der Waals surface area contributed by atoms with Crippen molar-refractivity contribution in [3.63, 3.8) is 0 Å². The monoisotopic (exact) mass is 402 g/mol. The molecular formula is C21H22N8O. The molecule has 5 rings (SSSR count). The molecule has 0 unspecified atom stereocenters. The first-order valence-electron chi connectivity index (χ1n) is 10.1. The third kappa shape index (κ3) is 3.46. The van der Waals surface area contributed by atoms with Gasteiger partial charge in [0.15, 0.2) is 11.6 Å². The van der Waals surface area contributed by atoms with Crippen LogP contribution in [0.2, 0.25) is 0 Å². The van der Waals surface area contributed by atoms with Gasteiger partial charge in [-0.1, -0.05) is 0 Å². The second-order valence-corrected chi connectivity index (χ2v) is 7.51. The molecule has 9 nitrogen and oxygen atoms in total. The van der Waals surface area contributed by atoms with Crippen molar-refractivity contribution in [2.75, 3.05) is 42.6 Å². The molecule has 1 saturated heterocycles. The second kappa shape index (κ2) is 7.72. The van der Waals surface area contributed by atoms with Crippen LogP contribution in [-0.2, 0) is 17.8 Å². The maximum atomic E-state index is 9.61. The van der Waals surface area contributed by atoms with E-state index in [4.69, 9.17) is 9.72 Å². The number of nitrogens with zero attached hydrogens (tertiary/aromatic N) is 8. The van der Waals surface area contributed by atoms with Gasteiger partial charge in [0.25, 0.3) is 0 Å². The van der Waals surface area contributed by atoms with Crippen molar-refractivity contribution >= 4 is 11.6 Å². The van der Waals surface area contributed by atoms with Crippen LogP contribution in [-0.4, -0.2) is 57.7 Å². The summed E-state index contributed by atoms with van der Waals surface area (Å²) in [5.41, 5.74) is 3.64. The molecule has 0 atom stereocenters. The highest BCUT2D eigenvalue weighted by Gasteiger charge is 2.24. The molecule has 0 saturated carbocycles. The lowest BCUT2D eigenvalue weighted by Gasteiger charge is -2.36. The number of nitriles is 1. The summed E-state index contributed by atoms with van der Waals surface area (Å²) in [4.78, 5) is 9.22. The quantitative estimate of drug-likeness (QED) is 0.652. The van der Waals surface area contributed by atoms with Crippen LogP contribution in [0.5, 0.6) is 0 Å². The summed E-state index contributed by atoms with van der Waals surface area (Å²) in [6.07, 6.45) is 2.67. The lowest BCUT2D eigenvalue weighted by molar-refractivity contribution is 0.109. The first kappa shape index (κ1) is 18.5. The maximum Gasteiger partial charge on any atom is 0.175 e. The Morgan fingerprint density at radius 2 is 1.80 bits per heavy atom. The van der Waals surface area contributed by atoms with Crippen molar-refractivity contribution in [1.82, 2.24) is 25.0 Å². The Morgan fingerprint density at radius 3 is 2.50 bits per heavy atom. The molecule has 152 valence electrons. The van der Waals surface area contributed by atoms with Crippen LogP contribution >= 0.6 is 0 Å². The second-order valence-electron chi connectivity index (χ2n) is 7.51. The largest absolute Gasteiger partial charge is 0.376 e. The van der Waals surface area contributed by atoms with Crippen molar-refractivity contribution in [2.24, 2.45) is 0 Å². The molecule has 0 radical (unpaired) electrons. The normalized spacial score (nSPS) is 16.3. The number of hydrogen-bond donors (Lipinski definition) is 0. The number of pyridine rings is 1. The van der Waals surface area contributed by atoms with Gasteiger partial charge in [0, 0.05) is 44.4 Å². The molecule has 30 heavy (non-hydrogen) atoms.